The van der Waals surface area contributed by atoms with Crippen molar-refractivity contribution in [1.82, 2.24) is 10.6 Å². The van der Waals surface area contributed by atoms with Gasteiger partial charge in [0.2, 0.25) is 11.8 Å². The van der Waals surface area contributed by atoms with Gasteiger partial charge in [-0.05, 0) is 24.6 Å². The van der Waals surface area contributed by atoms with E-state index < -0.39 is 6.03 Å². The minimum atomic E-state index is -0.487. The number of likely N-dealkylation sites (N-methyl/N-ethyl adjacent to an activating group) is 1. The Hall–Kier alpha value is -2.57. The fourth-order valence-corrected chi connectivity index (χ4v) is 1.54. The Morgan fingerprint density at radius 3 is 2.41 bits per heavy atom. The van der Waals surface area contributed by atoms with Crippen LogP contribution in [0.3, 0.4) is 0 Å². The van der Waals surface area contributed by atoms with Gasteiger partial charge in [-0.1, -0.05) is 19.9 Å². The zero-order valence-corrected chi connectivity index (χ0v) is 13.2. The molecule has 7 nitrogen and oxygen atoms in total. The van der Waals surface area contributed by atoms with E-state index in [-0.39, 0.29) is 24.3 Å². The number of benzene rings is 1. The monoisotopic (exact) mass is 306 g/mol. The average Bonchev–Trinajstić information content (AvgIpc) is 2.47. The largest absolute Gasteiger partial charge is 0.358 e. The Kier molecular flexibility index (Phi) is 6.37. The molecule has 0 aliphatic carbocycles. The van der Waals surface area contributed by atoms with Crippen LogP contribution in [-0.2, 0) is 9.59 Å². The Morgan fingerprint density at radius 2 is 1.82 bits per heavy atom. The van der Waals surface area contributed by atoms with Gasteiger partial charge < -0.3 is 21.3 Å². The highest BCUT2D eigenvalue weighted by molar-refractivity contribution is 5.95. The van der Waals surface area contributed by atoms with Crippen LogP contribution in [0.5, 0.6) is 0 Å². The first-order valence-electron chi connectivity index (χ1n) is 7.00. The molecule has 0 spiro atoms. The second-order valence-corrected chi connectivity index (χ2v) is 5.15. The van der Waals surface area contributed by atoms with E-state index in [1.807, 2.05) is 6.92 Å². The number of carbonyl (C=O) groups is 3. The van der Waals surface area contributed by atoms with Crippen molar-refractivity contribution in [2.75, 3.05) is 24.2 Å². The highest BCUT2D eigenvalue weighted by Gasteiger charge is 2.10. The molecular formula is C15H22N4O3. The molecule has 7 heteroatoms. The number of urea groups is 1. The number of nitrogens with one attached hydrogen (secondary N) is 4. The van der Waals surface area contributed by atoms with Crippen molar-refractivity contribution in [3.05, 3.63) is 23.8 Å². The van der Waals surface area contributed by atoms with Gasteiger partial charge in [-0.3, -0.25) is 9.59 Å². The molecule has 0 aliphatic heterocycles. The van der Waals surface area contributed by atoms with E-state index in [9.17, 15) is 14.4 Å². The summed E-state index contributed by atoms with van der Waals surface area (Å²) < 4.78 is 0. The molecule has 0 atom stereocenters. The first-order chi connectivity index (χ1) is 10.3. The standard InChI is InChI=1S/C15H22N4O3/c1-9(2)14(21)18-11-6-5-10(3)12(7-11)19-15(22)17-8-13(20)16-4/h5-7,9H,8H2,1-4H3,(H,16,20)(H,18,21)(H2,17,19,22). The maximum absolute atomic E-state index is 11.7. The van der Waals surface area contributed by atoms with Gasteiger partial charge in [0.05, 0.1) is 6.54 Å². The maximum atomic E-state index is 11.7. The number of anilines is 2. The lowest BCUT2D eigenvalue weighted by Crippen LogP contribution is -2.37. The summed E-state index contributed by atoms with van der Waals surface area (Å²) >= 11 is 0. The maximum Gasteiger partial charge on any atom is 0.319 e. The molecule has 4 amide bonds. The van der Waals surface area contributed by atoms with E-state index in [1.54, 1.807) is 32.0 Å². The SMILES string of the molecule is CNC(=O)CNC(=O)Nc1cc(NC(=O)C(C)C)ccc1C. The number of rotatable bonds is 5. The van der Waals surface area contributed by atoms with E-state index in [4.69, 9.17) is 0 Å². The van der Waals surface area contributed by atoms with Gasteiger partial charge in [0.15, 0.2) is 0 Å². The molecule has 4 N–H and O–H groups in total. The summed E-state index contributed by atoms with van der Waals surface area (Å²) in [6.45, 7) is 5.33. The zero-order chi connectivity index (χ0) is 16.7. The van der Waals surface area contributed by atoms with E-state index in [1.165, 1.54) is 7.05 Å². The van der Waals surface area contributed by atoms with Crippen molar-refractivity contribution in [1.29, 1.82) is 0 Å². The molecule has 0 radical (unpaired) electrons. The second kappa shape index (κ2) is 8.02. The van der Waals surface area contributed by atoms with Gasteiger partial charge in [0, 0.05) is 24.3 Å². The van der Waals surface area contributed by atoms with E-state index >= 15 is 0 Å². The summed E-state index contributed by atoms with van der Waals surface area (Å²) in [5.74, 6) is -0.516. The summed E-state index contributed by atoms with van der Waals surface area (Å²) in [7, 11) is 1.49. The first kappa shape index (κ1) is 17.5. The predicted molar refractivity (Wildman–Crippen MR) is 85.7 cm³/mol. The third-order valence-electron chi connectivity index (χ3n) is 2.97. The molecule has 0 saturated carbocycles. The Morgan fingerprint density at radius 1 is 1.14 bits per heavy atom. The Balaban J connectivity index is 2.71. The second-order valence-electron chi connectivity index (χ2n) is 5.15. The lowest BCUT2D eigenvalue weighted by atomic mass is 10.1. The van der Waals surface area contributed by atoms with E-state index in [0.29, 0.717) is 11.4 Å². The van der Waals surface area contributed by atoms with Crippen molar-refractivity contribution >= 4 is 29.2 Å². The molecule has 0 saturated heterocycles. The number of amides is 4. The number of hydrogen-bond donors (Lipinski definition) is 4. The highest BCUT2D eigenvalue weighted by Crippen LogP contribution is 2.20. The fourth-order valence-electron chi connectivity index (χ4n) is 1.54. The van der Waals surface area contributed by atoms with Crippen LogP contribution in [0.4, 0.5) is 16.2 Å². The van der Waals surface area contributed by atoms with Gasteiger partial charge >= 0.3 is 6.03 Å². The number of carbonyl (C=O) groups excluding carboxylic acids is 3. The van der Waals surface area contributed by atoms with Crippen LogP contribution in [0, 0.1) is 12.8 Å². The van der Waals surface area contributed by atoms with Crippen LogP contribution < -0.4 is 21.3 Å². The molecule has 0 bridgehead atoms. The molecule has 120 valence electrons. The minimum Gasteiger partial charge on any atom is -0.358 e. The lowest BCUT2D eigenvalue weighted by Gasteiger charge is -2.13. The summed E-state index contributed by atoms with van der Waals surface area (Å²) in [6.07, 6.45) is 0. The number of aryl methyl sites for hydroxylation is 1. The van der Waals surface area contributed by atoms with Crippen molar-refractivity contribution in [2.45, 2.75) is 20.8 Å². The third-order valence-corrected chi connectivity index (χ3v) is 2.97. The van der Waals surface area contributed by atoms with Crippen molar-refractivity contribution in [3.63, 3.8) is 0 Å². The molecule has 0 unspecified atom stereocenters. The third kappa shape index (κ3) is 5.43. The Labute approximate surface area is 129 Å². The molecule has 1 aromatic carbocycles. The van der Waals surface area contributed by atoms with Crippen LogP contribution in [0.1, 0.15) is 19.4 Å². The van der Waals surface area contributed by atoms with E-state index in [2.05, 4.69) is 21.3 Å². The summed E-state index contributed by atoms with van der Waals surface area (Å²) in [4.78, 5) is 34.5. The minimum absolute atomic E-state index is 0.0983. The van der Waals surface area contributed by atoms with Crippen molar-refractivity contribution < 1.29 is 14.4 Å². The normalized spacial score (nSPS) is 10.0. The number of hydrogen-bond acceptors (Lipinski definition) is 3. The van der Waals surface area contributed by atoms with Gasteiger partial charge in [-0.25, -0.2) is 4.79 Å². The fraction of sp³-hybridized carbons (Fsp3) is 0.400. The smallest absolute Gasteiger partial charge is 0.319 e. The highest BCUT2D eigenvalue weighted by atomic mass is 16.2. The van der Waals surface area contributed by atoms with Crippen LogP contribution >= 0.6 is 0 Å². The molecule has 1 rings (SSSR count). The summed E-state index contributed by atoms with van der Waals surface area (Å²) in [5.41, 5.74) is 2.01. The predicted octanol–water partition coefficient (Wildman–Crippen LogP) is 1.46. The van der Waals surface area contributed by atoms with Crippen LogP contribution in [0.15, 0.2) is 18.2 Å². The van der Waals surface area contributed by atoms with Gasteiger partial charge in [-0.15, -0.1) is 0 Å². The molecule has 0 heterocycles. The zero-order valence-electron chi connectivity index (χ0n) is 13.2. The van der Waals surface area contributed by atoms with Gasteiger partial charge in [0.1, 0.15) is 0 Å². The average molecular weight is 306 g/mol. The molecule has 22 heavy (non-hydrogen) atoms. The molecule has 1 aromatic rings. The molecular weight excluding hydrogens is 284 g/mol. The van der Waals surface area contributed by atoms with Crippen molar-refractivity contribution in [2.24, 2.45) is 5.92 Å². The van der Waals surface area contributed by atoms with Gasteiger partial charge in [-0.2, -0.15) is 0 Å². The van der Waals surface area contributed by atoms with Gasteiger partial charge in [0.25, 0.3) is 0 Å². The lowest BCUT2D eigenvalue weighted by molar-refractivity contribution is -0.120. The van der Waals surface area contributed by atoms with Crippen LogP contribution in [-0.4, -0.2) is 31.4 Å². The summed E-state index contributed by atoms with van der Waals surface area (Å²) in [6, 6.07) is 4.75. The topological polar surface area (TPSA) is 99.3 Å². The molecule has 0 fully saturated rings. The van der Waals surface area contributed by atoms with E-state index in [0.717, 1.165) is 5.56 Å². The summed E-state index contributed by atoms with van der Waals surface area (Å²) in [5, 5.41) is 10.3. The molecule has 0 aromatic heterocycles. The van der Waals surface area contributed by atoms with Crippen LogP contribution in [0.2, 0.25) is 0 Å². The molecule has 0 aliphatic rings. The first-order valence-corrected chi connectivity index (χ1v) is 7.00. The van der Waals surface area contributed by atoms with Crippen molar-refractivity contribution in [3.8, 4) is 0 Å². The quantitative estimate of drug-likeness (QED) is 0.662. The van der Waals surface area contributed by atoms with Crippen LogP contribution in [0.25, 0.3) is 0 Å². The Bertz CT molecular complexity index is 570.